The van der Waals surface area contributed by atoms with Crippen LogP contribution in [-0.4, -0.2) is 64.6 Å². The van der Waals surface area contributed by atoms with Gasteiger partial charge >= 0.3 is 0 Å². The number of benzene rings is 1. The van der Waals surface area contributed by atoms with E-state index < -0.39 is 0 Å². The first-order chi connectivity index (χ1) is 14.6. The Balaban J connectivity index is 1.49. The molecule has 4 rings (SSSR count). The zero-order chi connectivity index (χ0) is 21.1. The summed E-state index contributed by atoms with van der Waals surface area (Å²) in [6, 6.07) is 10.8. The molecule has 1 amide bonds. The minimum Gasteiger partial charge on any atom is -0.467 e. The van der Waals surface area contributed by atoms with Gasteiger partial charge in [-0.1, -0.05) is 23.7 Å². The van der Waals surface area contributed by atoms with Crippen LogP contribution in [0, 0.1) is 11.8 Å². The van der Waals surface area contributed by atoms with Crippen LogP contribution in [0.1, 0.15) is 30.2 Å². The molecule has 7 nitrogen and oxygen atoms in total. The lowest BCUT2D eigenvalue weighted by atomic mass is 9.93. The molecule has 0 aliphatic carbocycles. The smallest absolute Gasteiger partial charge is 0.257 e. The lowest BCUT2D eigenvalue weighted by molar-refractivity contribution is -0.134. The van der Waals surface area contributed by atoms with Crippen LogP contribution in [0.2, 0.25) is 5.02 Å². The normalized spacial score (nSPS) is 22.1. The van der Waals surface area contributed by atoms with Crippen molar-refractivity contribution in [1.29, 1.82) is 0 Å². The molecule has 2 atom stereocenters. The van der Waals surface area contributed by atoms with Gasteiger partial charge in [0.15, 0.2) is 0 Å². The molecule has 0 spiro atoms. The van der Waals surface area contributed by atoms with Gasteiger partial charge < -0.3 is 14.6 Å². The molecule has 2 unspecified atom stereocenters. The Bertz CT molecular complexity index is 880. The third-order valence-electron chi connectivity index (χ3n) is 6.02. The Morgan fingerprint density at radius 1 is 1.23 bits per heavy atom. The molecule has 3 heterocycles. The van der Waals surface area contributed by atoms with Crippen LogP contribution in [0.3, 0.4) is 0 Å². The SMILES string of the molecule is O=C(CN1CCC(C(CO)CO)C1)N1N=C(c2ccc(Cl)cc2)CC1c1ccco1. The van der Waals surface area contributed by atoms with Crippen LogP contribution in [0.4, 0.5) is 0 Å². The summed E-state index contributed by atoms with van der Waals surface area (Å²) in [5.41, 5.74) is 1.75. The molecule has 2 aliphatic heterocycles. The molecule has 1 saturated heterocycles. The van der Waals surface area contributed by atoms with E-state index in [0.29, 0.717) is 23.7 Å². The summed E-state index contributed by atoms with van der Waals surface area (Å²) < 4.78 is 5.59. The molecule has 160 valence electrons. The van der Waals surface area contributed by atoms with E-state index in [1.54, 1.807) is 6.26 Å². The number of aliphatic hydroxyl groups excluding tert-OH is 2. The van der Waals surface area contributed by atoms with Gasteiger partial charge in [-0.2, -0.15) is 5.10 Å². The lowest BCUT2D eigenvalue weighted by Crippen LogP contribution is -2.37. The molecule has 1 fully saturated rings. The van der Waals surface area contributed by atoms with Gasteiger partial charge in [0.05, 0.1) is 18.5 Å². The Labute approximate surface area is 180 Å². The number of carbonyl (C=O) groups is 1. The highest BCUT2D eigenvalue weighted by Crippen LogP contribution is 2.34. The first-order valence-electron chi connectivity index (χ1n) is 10.2. The number of hydrazone groups is 1. The second-order valence-electron chi connectivity index (χ2n) is 7.94. The molecule has 0 saturated carbocycles. The number of aliphatic hydroxyl groups is 2. The van der Waals surface area contributed by atoms with Crippen LogP contribution in [0.15, 0.2) is 52.2 Å². The minimum absolute atomic E-state index is 0.0373. The fourth-order valence-corrected chi connectivity index (χ4v) is 4.40. The van der Waals surface area contributed by atoms with Crippen molar-refractivity contribution in [2.24, 2.45) is 16.9 Å². The number of rotatable bonds is 7. The van der Waals surface area contributed by atoms with E-state index in [2.05, 4.69) is 10.0 Å². The van der Waals surface area contributed by atoms with Gasteiger partial charge in [0.25, 0.3) is 5.91 Å². The van der Waals surface area contributed by atoms with Crippen molar-refractivity contribution >= 4 is 23.2 Å². The van der Waals surface area contributed by atoms with Crippen molar-refractivity contribution in [1.82, 2.24) is 9.91 Å². The largest absolute Gasteiger partial charge is 0.467 e. The quantitative estimate of drug-likeness (QED) is 0.703. The van der Waals surface area contributed by atoms with Crippen molar-refractivity contribution in [3.63, 3.8) is 0 Å². The van der Waals surface area contributed by atoms with E-state index in [1.807, 2.05) is 36.4 Å². The average Bonchev–Trinajstić information content (AvgIpc) is 3.50. The first kappa shape index (κ1) is 21.1. The highest BCUT2D eigenvalue weighted by Gasteiger charge is 2.37. The number of likely N-dealkylation sites (tertiary alicyclic amines) is 1. The molecule has 0 radical (unpaired) electrons. The topological polar surface area (TPSA) is 89.5 Å². The Kier molecular flexibility index (Phi) is 6.53. The Hall–Kier alpha value is -2.19. The van der Waals surface area contributed by atoms with Crippen molar-refractivity contribution in [3.05, 3.63) is 59.0 Å². The zero-order valence-electron chi connectivity index (χ0n) is 16.7. The van der Waals surface area contributed by atoms with Crippen LogP contribution in [-0.2, 0) is 4.79 Å². The summed E-state index contributed by atoms with van der Waals surface area (Å²) in [4.78, 5) is 15.2. The Morgan fingerprint density at radius 2 is 2.00 bits per heavy atom. The fourth-order valence-electron chi connectivity index (χ4n) is 4.27. The molecule has 30 heavy (non-hydrogen) atoms. The van der Waals surface area contributed by atoms with Crippen molar-refractivity contribution in [2.45, 2.75) is 18.9 Å². The third-order valence-corrected chi connectivity index (χ3v) is 6.27. The second-order valence-corrected chi connectivity index (χ2v) is 8.37. The highest BCUT2D eigenvalue weighted by atomic mass is 35.5. The molecule has 0 bridgehead atoms. The molecule has 1 aromatic carbocycles. The van der Waals surface area contributed by atoms with Gasteiger partial charge in [-0.05, 0) is 48.7 Å². The number of carbonyl (C=O) groups excluding carboxylic acids is 1. The molecule has 1 aromatic heterocycles. The van der Waals surface area contributed by atoms with E-state index in [4.69, 9.17) is 16.0 Å². The van der Waals surface area contributed by atoms with Crippen molar-refractivity contribution < 1.29 is 19.4 Å². The molecule has 2 aromatic rings. The van der Waals surface area contributed by atoms with E-state index in [1.165, 1.54) is 5.01 Å². The van der Waals surface area contributed by atoms with Gasteiger partial charge in [-0.3, -0.25) is 9.69 Å². The van der Waals surface area contributed by atoms with E-state index in [0.717, 1.165) is 24.2 Å². The maximum absolute atomic E-state index is 13.2. The molecular weight excluding hydrogens is 406 g/mol. The predicted octanol–water partition coefficient (Wildman–Crippen LogP) is 2.53. The van der Waals surface area contributed by atoms with Gasteiger partial charge in [0.2, 0.25) is 0 Å². The molecule has 2 aliphatic rings. The van der Waals surface area contributed by atoms with Gasteiger partial charge in [0, 0.05) is 37.1 Å². The van der Waals surface area contributed by atoms with Crippen molar-refractivity contribution in [2.75, 3.05) is 32.8 Å². The van der Waals surface area contributed by atoms with Gasteiger partial charge in [-0.15, -0.1) is 0 Å². The van der Waals surface area contributed by atoms with Crippen LogP contribution >= 0.6 is 11.6 Å². The van der Waals surface area contributed by atoms with Crippen molar-refractivity contribution in [3.8, 4) is 0 Å². The van der Waals surface area contributed by atoms with E-state index >= 15 is 0 Å². The number of nitrogens with zero attached hydrogens (tertiary/aromatic N) is 3. The molecular formula is C22H26ClN3O4. The van der Waals surface area contributed by atoms with Crippen LogP contribution in [0.5, 0.6) is 0 Å². The fraction of sp³-hybridized carbons (Fsp3) is 0.455. The molecule has 2 N–H and O–H groups in total. The second kappa shape index (κ2) is 9.31. The molecule has 8 heteroatoms. The minimum atomic E-state index is -0.279. The summed E-state index contributed by atoms with van der Waals surface area (Å²) in [5.74, 6) is 0.671. The summed E-state index contributed by atoms with van der Waals surface area (Å²) in [7, 11) is 0. The third kappa shape index (κ3) is 4.44. The number of hydrogen-bond donors (Lipinski definition) is 2. The maximum Gasteiger partial charge on any atom is 0.257 e. The van der Waals surface area contributed by atoms with E-state index in [-0.39, 0.29) is 43.5 Å². The number of furan rings is 1. The van der Waals surface area contributed by atoms with E-state index in [9.17, 15) is 15.0 Å². The number of amides is 1. The van der Waals surface area contributed by atoms with Gasteiger partial charge in [-0.25, -0.2) is 5.01 Å². The summed E-state index contributed by atoms with van der Waals surface area (Å²) in [6.45, 7) is 1.62. The summed E-state index contributed by atoms with van der Waals surface area (Å²) in [5, 5.41) is 25.7. The average molecular weight is 432 g/mol. The Morgan fingerprint density at radius 3 is 2.67 bits per heavy atom. The standard InChI is InChI=1S/C22H26ClN3O4/c23-18-5-3-15(4-6-18)19-10-20(21-2-1-9-30-21)26(24-19)22(29)12-25-8-7-16(11-25)17(13-27)14-28/h1-6,9,16-17,20,27-28H,7-8,10-14H2. The number of hydrogen-bond acceptors (Lipinski definition) is 6. The highest BCUT2D eigenvalue weighted by molar-refractivity contribution is 6.30. The zero-order valence-corrected chi connectivity index (χ0v) is 17.4. The predicted molar refractivity (Wildman–Crippen MR) is 113 cm³/mol. The number of halogens is 1. The maximum atomic E-state index is 13.2. The lowest BCUT2D eigenvalue weighted by Gasteiger charge is -2.24. The van der Waals surface area contributed by atoms with Crippen LogP contribution < -0.4 is 0 Å². The summed E-state index contributed by atoms with van der Waals surface area (Å²) >= 11 is 6.00. The van der Waals surface area contributed by atoms with Gasteiger partial charge in [0.1, 0.15) is 11.8 Å². The monoisotopic (exact) mass is 431 g/mol. The first-order valence-corrected chi connectivity index (χ1v) is 10.6. The van der Waals surface area contributed by atoms with Crippen LogP contribution in [0.25, 0.3) is 0 Å². The summed E-state index contributed by atoms with van der Waals surface area (Å²) in [6.07, 6.45) is 3.04.